The second kappa shape index (κ2) is 5.53. The van der Waals surface area contributed by atoms with Crippen molar-refractivity contribution < 1.29 is 4.43 Å². The maximum absolute atomic E-state index is 6.41. The van der Waals surface area contributed by atoms with Crippen molar-refractivity contribution in [3.05, 3.63) is 11.6 Å². The van der Waals surface area contributed by atoms with E-state index in [4.69, 9.17) is 9.42 Å². The second-order valence-corrected chi connectivity index (χ2v) is 12.7. The van der Waals surface area contributed by atoms with Crippen LogP contribution in [0.25, 0.3) is 0 Å². The van der Waals surface area contributed by atoms with Crippen LogP contribution in [0.1, 0.15) is 48.0 Å². The van der Waals surface area contributed by atoms with E-state index in [0.717, 1.165) is 13.0 Å². The van der Waals surface area contributed by atoms with Crippen LogP contribution in [0.4, 0.5) is 0 Å². The predicted octanol–water partition coefficient (Wildman–Crippen LogP) is 4.82. The molecular weight excluding hydrogens is 250 g/mol. The minimum atomic E-state index is -1.70. The van der Waals surface area contributed by atoms with Crippen LogP contribution in [0.5, 0.6) is 0 Å². The van der Waals surface area contributed by atoms with Crippen LogP contribution in [-0.4, -0.2) is 26.7 Å². The Labute approximate surface area is 120 Å². The Balaban J connectivity index is 2.80. The van der Waals surface area contributed by atoms with Crippen LogP contribution in [0.15, 0.2) is 16.6 Å². The van der Waals surface area contributed by atoms with Crippen molar-refractivity contribution in [2.24, 2.45) is 10.9 Å². The first-order valence-corrected chi connectivity index (χ1v) is 10.3. The van der Waals surface area contributed by atoms with Gasteiger partial charge in [-0.2, -0.15) is 0 Å². The first-order chi connectivity index (χ1) is 8.47. The highest BCUT2D eigenvalue weighted by molar-refractivity contribution is 6.74. The third-order valence-corrected chi connectivity index (χ3v) is 8.75. The van der Waals surface area contributed by atoms with E-state index in [9.17, 15) is 0 Å². The van der Waals surface area contributed by atoms with Crippen molar-refractivity contribution in [1.82, 2.24) is 0 Å². The minimum absolute atomic E-state index is 0.117. The maximum Gasteiger partial charge on any atom is 0.192 e. The lowest BCUT2D eigenvalue weighted by Crippen LogP contribution is -2.45. The van der Waals surface area contributed by atoms with E-state index < -0.39 is 8.32 Å². The van der Waals surface area contributed by atoms with Gasteiger partial charge in [-0.1, -0.05) is 40.7 Å². The molecule has 0 bridgehead atoms. The summed E-state index contributed by atoms with van der Waals surface area (Å²) in [4.78, 5) is 4.75. The van der Waals surface area contributed by atoms with Gasteiger partial charge in [-0.15, -0.1) is 0 Å². The standard InChI is InChI=1S/C16H31NOSi/c1-13(2)9-16(10-14(3)11-17-16)12-18-19(7,8)15(4,5)6/h10-11,13H,9,12H2,1-8H3/t16-/m1/s1. The molecule has 0 aromatic rings. The van der Waals surface area contributed by atoms with Crippen molar-refractivity contribution in [3.63, 3.8) is 0 Å². The molecule has 0 aliphatic carbocycles. The average Bonchev–Trinajstić information content (AvgIpc) is 2.55. The summed E-state index contributed by atoms with van der Waals surface area (Å²) in [6.07, 6.45) is 5.35. The van der Waals surface area contributed by atoms with Crippen molar-refractivity contribution in [2.45, 2.75) is 71.6 Å². The molecule has 0 radical (unpaired) electrons. The van der Waals surface area contributed by atoms with Crippen LogP contribution in [0.2, 0.25) is 18.1 Å². The third-order valence-electron chi connectivity index (χ3n) is 4.27. The summed E-state index contributed by atoms with van der Waals surface area (Å²) in [5.41, 5.74) is 1.15. The molecule has 0 amide bonds. The van der Waals surface area contributed by atoms with Gasteiger partial charge in [0.1, 0.15) is 5.54 Å². The van der Waals surface area contributed by atoms with Crippen molar-refractivity contribution in [2.75, 3.05) is 6.61 Å². The largest absolute Gasteiger partial charge is 0.414 e. The highest BCUT2D eigenvalue weighted by Crippen LogP contribution is 2.38. The van der Waals surface area contributed by atoms with E-state index in [0.29, 0.717) is 5.92 Å². The summed E-state index contributed by atoms with van der Waals surface area (Å²) in [5, 5.41) is 0.257. The monoisotopic (exact) mass is 281 g/mol. The molecule has 1 aliphatic heterocycles. The van der Waals surface area contributed by atoms with Crippen LogP contribution in [0.3, 0.4) is 0 Å². The number of hydrogen-bond donors (Lipinski definition) is 0. The molecule has 1 aliphatic rings. The molecule has 0 aromatic heterocycles. The number of allylic oxidation sites excluding steroid dienone is 1. The maximum atomic E-state index is 6.41. The first-order valence-electron chi connectivity index (χ1n) is 7.36. The average molecular weight is 282 g/mol. The van der Waals surface area contributed by atoms with Gasteiger partial charge in [0, 0.05) is 6.21 Å². The Kier molecular flexibility index (Phi) is 4.84. The molecule has 2 nitrogen and oxygen atoms in total. The van der Waals surface area contributed by atoms with Gasteiger partial charge in [-0.05, 0) is 43.0 Å². The Hall–Kier alpha value is -0.413. The topological polar surface area (TPSA) is 21.6 Å². The quantitative estimate of drug-likeness (QED) is 0.662. The molecule has 0 saturated heterocycles. The Morgan fingerprint density at radius 3 is 2.26 bits per heavy atom. The fourth-order valence-electron chi connectivity index (χ4n) is 2.21. The van der Waals surface area contributed by atoms with E-state index >= 15 is 0 Å². The van der Waals surface area contributed by atoms with Gasteiger partial charge in [0.25, 0.3) is 0 Å². The Bertz CT molecular complexity index is 377. The zero-order chi connectivity index (χ0) is 14.9. The van der Waals surface area contributed by atoms with Crippen molar-refractivity contribution in [1.29, 1.82) is 0 Å². The first kappa shape index (κ1) is 16.6. The van der Waals surface area contributed by atoms with E-state index in [1.165, 1.54) is 5.57 Å². The fraction of sp³-hybridized carbons (Fsp3) is 0.812. The minimum Gasteiger partial charge on any atom is -0.414 e. The summed E-state index contributed by atoms with van der Waals surface area (Å²) >= 11 is 0. The normalized spacial score (nSPS) is 24.2. The molecule has 0 aromatic carbocycles. The molecule has 110 valence electrons. The van der Waals surface area contributed by atoms with Gasteiger partial charge in [-0.25, -0.2) is 0 Å². The molecule has 1 atom stereocenters. The number of nitrogens with zero attached hydrogens (tertiary/aromatic N) is 1. The lowest BCUT2D eigenvalue weighted by Gasteiger charge is -2.39. The molecule has 0 saturated carbocycles. The molecular formula is C16H31NOSi. The molecule has 1 rings (SSSR count). The number of hydrogen-bond acceptors (Lipinski definition) is 2. The Morgan fingerprint density at radius 2 is 1.89 bits per heavy atom. The molecule has 1 heterocycles. The van der Waals surface area contributed by atoms with Crippen molar-refractivity contribution >= 4 is 14.5 Å². The van der Waals surface area contributed by atoms with E-state index in [1.807, 2.05) is 6.21 Å². The van der Waals surface area contributed by atoms with E-state index in [2.05, 4.69) is 60.7 Å². The molecule has 0 unspecified atom stereocenters. The van der Waals surface area contributed by atoms with E-state index in [1.54, 1.807) is 0 Å². The van der Waals surface area contributed by atoms with Gasteiger partial charge in [0.05, 0.1) is 6.61 Å². The third kappa shape index (κ3) is 4.28. The van der Waals surface area contributed by atoms with Gasteiger partial charge in [0.2, 0.25) is 0 Å². The predicted molar refractivity (Wildman–Crippen MR) is 87.6 cm³/mol. The number of aliphatic imine (C=N–C) groups is 1. The molecule has 0 fully saturated rings. The number of rotatable bonds is 5. The summed E-state index contributed by atoms with van der Waals surface area (Å²) in [6.45, 7) is 18.8. The molecule has 19 heavy (non-hydrogen) atoms. The zero-order valence-corrected chi connectivity index (χ0v) is 15.0. The highest BCUT2D eigenvalue weighted by Gasteiger charge is 2.40. The SMILES string of the molecule is CC1=C[C@@](CO[Si](C)(C)C(C)(C)C)(CC(C)C)N=C1. The van der Waals surface area contributed by atoms with Gasteiger partial charge in [0.15, 0.2) is 8.32 Å². The lowest BCUT2D eigenvalue weighted by molar-refractivity contribution is 0.212. The zero-order valence-electron chi connectivity index (χ0n) is 14.0. The molecule has 3 heteroatoms. The van der Waals surface area contributed by atoms with Crippen molar-refractivity contribution in [3.8, 4) is 0 Å². The van der Waals surface area contributed by atoms with Crippen LogP contribution in [-0.2, 0) is 4.43 Å². The smallest absolute Gasteiger partial charge is 0.192 e. The van der Waals surface area contributed by atoms with Gasteiger partial charge in [-0.3, -0.25) is 4.99 Å². The Morgan fingerprint density at radius 1 is 1.32 bits per heavy atom. The van der Waals surface area contributed by atoms with Gasteiger partial charge >= 0.3 is 0 Å². The molecule has 0 N–H and O–H groups in total. The van der Waals surface area contributed by atoms with Crippen LogP contribution >= 0.6 is 0 Å². The summed E-state index contributed by atoms with van der Waals surface area (Å²) in [5.74, 6) is 0.627. The molecule has 0 spiro atoms. The van der Waals surface area contributed by atoms with E-state index in [-0.39, 0.29) is 10.6 Å². The summed E-state index contributed by atoms with van der Waals surface area (Å²) in [6, 6.07) is 0. The van der Waals surface area contributed by atoms with Gasteiger partial charge < -0.3 is 4.43 Å². The van der Waals surface area contributed by atoms with Crippen LogP contribution < -0.4 is 0 Å². The second-order valence-electron chi connectivity index (χ2n) is 7.90. The lowest BCUT2D eigenvalue weighted by atomic mass is 9.90. The summed E-state index contributed by atoms with van der Waals surface area (Å²) in [7, 11) is -1.70. The van der Waals surface area contributed by atoms with Crippen LogP contribution in [0, 0.1) is 5.92 Å². The summed E-state index contributed by atoms with van der Waals surface area (Å²) < 4.78 is 6.41. The highest BCUT2D eigenvalue weighted by atomic mass is 28.4. The fourth-order valence-corrected chi connectivity index (χ4v) is 3.25.